The number of carbonyl (C=O) groups is 2. The molecule has 0 atom stereocenters. The normalized spacial score (nSPS) is 18.0. The van der Waals surface area contributed by atoms with Crippen LogP contribution < -0.4 is 5.32 Å². The predicted octanol–water partition coefficient (Wildman–Crippen LogP) is 2.32. The van der Waals surface area contributed by atoms with E-state index >= 15 is 0 Å². The third-order valence-corrected chi connectivity index (χ3v) is 3.99. The van der Waals surface area contributed by atoms with Crippen LogP contribution in [0.5, 0.6) is 0 Å². The standard InChI is InChI=1S/C16H30N2O4/c1-6-16(21-12-7-13(19)17-5)8-10-18(11-9-16)14(20)22-15(2,3)4/h6-12H2,1-5H3,(H,17,19). The second-order valence-corrected chi connectivity index (χ2v) is 6.78. The van der Waals surface area contributed by atoms with Crippen molar-refractivity contribution >= 4 is 12.0 Å². The molecular weight excluding hydrogens is 284 g/mol. The minimum Gasteiger partial charge on any atom is -0.444 e. The van der Waals surface area contributed by atoms with Crippen LogP contribution in [-0.4, -0.2) is 54.8 Å². The number of hydrogen-bond donors (Lipinski definition) is 1. The lowest BCUT2D eigenvalue weighted by Crippen LogP contribution is -2.49. The number of nitrogens with one attached hydrogen (secondary N) is 1. The van der Waals surface area contributed by atoms with Gasteiger partial charge in [-0.25, -0.2) is 4.79 Å². The molecule has 0 aromatic heterocycles. The maximum Gasteiger partial charge on any atom is 0.410 e. The fourth-order valence-corrected chi connectivity index (χ4v) is 2.51. The molecule has 1 saturated heterocycles. The van der Waals surface area contributed by atoms with Gasteiger partial charge in [-0.15, -0.1) is 0 Å². The lowest BCUT2D eigenvalue weighted by Gasteiger charge is -2.41. The maximum atomic E-state index is 12.1. The topological polar surface area (TPSA) is 67.9 Å². The fourth-order valence-electron chi connectivity index (χ4n) is 2.51. The molecule has 1 aliphatic rings. The van der Waals surface area contributed by atoms with E-state index in [1.54, 1.807) is 11.9 Å². The number of nitrogens with zero attached hydrogens (tertiary/aromatic N) is 1. The smallest absolute Gasteiger partial charge is 0.410 e. The number of rotatable bonds is 5. The Morgan fingerprint density at radius 2 is 1.82 bits per heavy atom. The molecule has 6 heteroatoms. The van der Waals surface area contributed by atoms with Gasteiger partial charge in [-0.1, -0.05) is 6.92 Å². The van der Waals surface area contributed by atoms with Crippen LogP contribution in [0.15, 0.2) is 0 Å². The van der Waals surface area contributed by atoms with Gasteiger partial charge >= 0.3 is 6.09 Å². The minimum atomic E-state index is -0.472. The van der Waals surface area contributed by atoms with Gasteiger partial charge in [0, 0.05) is 26.6 Å². The van der Waals surface area contributed by atoms with Crippen molar-refractivity contribution in [3.63, 3.8) is 0 Å². The summed E-state index contributed by atoms with van der Waals surface area (Å²) in [4.78, 5) is 25.1. The first-order valence-corrected chi connectivity index (χ1v) is 8.04. The monoisotopic (exact) mass is 314 g/mol. The van der Waals surface area contributed by atoms with Crippen LogP contribution in [0.2, 0.25) is 0 Å². The van der Waals surface area contributed by atoms with Crippen molar-refractivity contribution < 1.29 is 19.1 Å². The Morgan fingerprint density at radius 1 is 1.23 bits per heavy atom. The van der Waals surface area contributed by atoms with Gasteiger partial charge in [0.25, 0.3) is 0 Å². The van der Waals surface area contributed by atoms with E-state index in [1.165, 1.54) is 0 Å². The lowest BCUT2D eigenvalue weighted by molar-refractivity contribution is -0.125. The van der Waals surface area contributed by atoms with Crippen LogP contribution in [0.3, 0.4) is 0 Å². The van der Waals surface area contributed by atoms with Gasteiger partial charge < -0.3 is 19.7 Å². The molecule has 0 aromatic rings. The first-order chi connectivity index (χ1) is 10.2. The zero-order valence-corrected chi connectivity index (χ0v) is 14.5. The van der Waals surface area contributed by atoms with Crippen LogP contribution in [0.25, 0.3) is 0 Å². The molecule has 0 saturated carbocycles. The number of ether oxygens (including phenoxy) is 2. The zero-order valence-electron chi connectivity index (χ0n) is 14.5. The zero-order chi connectivity index (χ0) is 16.8. The van der Waals surface area contributed by atoms with E-state index in [1.807, 2.05) is 20.8 Å². The molecular formula is C16H30N2O4. The summed E-state index contributed by atoms with van der Waals surface area (Å²) >= 11 is 0. The summed E-state index contributed by atoms with van der Waals surface area (Å²) in [5.74, 6) is -0.0163. The molecule has 22 heavy (non-hydrogen) atoms. The van der Waals surface area contributed by atoms with Crippen molar-refractivity contribution in [1.82, 2.24) is 10.2 Å². The Kier molecular flexibility index (Phi) is 6.66. The van der Waals surface area contributed by atoms with Gasteiger partial charge in [0.05, 0.1) is 12.2 Å². The van der Waals surface area contributed by atoms with E-state index < -0.39 is 5.60 Å². The molecule has 128 valence electrons. The van der Waals surface area contributed by atoms with E-state index in [-0.39, 0.29) is 17.6 Å². The summed E-state index contributed by atoms with van der Waals surface area (Å²) in [6, 6.07) is 0. The minimum absolute atomic E-state index is 0.0163. The second kappa shape index (κ2) is 7.81. The Morgan fingerprint density at radius 3 is 2.27 bits per heavy atom. The van der Waals surface area contributed by atoms with Crippen LogP contribution in [0.1, 0.15) is 53.4 Å². The molecule has 6 nitrogen and oxygen atoms in total. The fraction of sp³-hybridized carbons (Fsp3) is 0.875. The first-order valence-electron chi connectivity index (χ1n) is 8.04. The van der Waals surface area contributed by atoms with Crippen molar-refractivity contribution in [2.24, 2.45) is 0 Å². The molecule has 1 N–H and O–H groups in total. The van der Waals surface area contributed by atoms with Gasteiger partial charge in [-0.3, -0.25) is 4.79 Å². The maximum absolute atomic E-state index is 12.1. The molecule has 0 aromatic carbocycles. The highest BCUT2D eigenvalue weighted by molar-refractivity contribution is 5.75. The summed E-state index contributed by atoms with van der Waals surface area (Å²) in [6.45, 7) is 9.36. The van der Waals surface area contributed by atoms with E-state index in [9.17, 15) is 9.59 Å². The Labute approximate surface area is 133 Å². The molecule has 0 spiro atoms. The van der Waals surface area contributed by atoms with Crippen LogP contribution in [0, 0.1) is 0 Å². The van der Waals surface area contributed by atoms with Crippen LogP contribution >= 0.6 is 0 Å². The Hall–Kier alpha value is -1.30. The highest BCUT2D eigenvalue weighted by atomic mass is 16.6. The van der Waals surface area contributed by atoms with E-state index in [4.69, 9.17) is 9.47 Å². The quantitative estimate of drug-likeness (QED) is 0.845. The predicted molar refractivity (Wildman–Crippen MR) is 84.7 cm³/mol. The molecule has 1 aliphatic heterocycles. The highest BCUT2D eigenvalue weighted by Crippen LogP contribution is 2.30. The van der Waals surface area contributed by atoms with Crippen LogP contribution in [0.4, 0.5) is 4.79 Å². The van der Waals surface area contributed by atoms with Crippen molar-refractivity contribution in [1.29, 1.82) is 0 Å². The van der Waals surface area contributed by atoms with E-state index in [2.05, 4.69) is 12.2 Å². The van der Waals surface area contributed by atoms with Gasteiger partial charge in [0.2, 0.25) is 5.91 Å². The summed E-state index contributed by atoms with van der Waals surface area (Å²) in [7, 11) is 1.62. The summed E-state index contributed by atoms with van der Waals surface area (Å²) in [5, 5.41) is 2.59. The van der Waals surface area contributed by atoms with Gasteiger partial charge in [0.1, 0.15) is 5.60 Å². The van der Waals surface area contributed by atoms with E-state index in [0.717, 1.165) is 19.3 Å². The average Bonchev–Trinajstić information content (AvgIpc) is 2.45. The van der Waals surface area contributed by atoms with E-state index in [0.29, 0.717) is 26.1 Å². The van der Waals surface area contributed by atoms with Gasteiger partial charge in [0.15, 0.2) is 0 Å². The second-order valence-electron chi connectivity index (χ2n) is 6.78. The molecule has 0 bridgehead atoms. The molecule has 0 unspecified atom stereocenters. The average molecular weight is 314 g/mol. The van der Waals surface area contributed by atoms with Crippen molar-refractivity contribution in [3.8, 4) is 0 Å². The lowest BCUT2D eigenvalue weighted by atomic mass is 9.88. The molecule has 0 aliphatic carbocycles. The first kappa shape index (κ1) is 18.7. The Bertz CT molecular complexity index is 382. The third-order valence-electron chi connectivity index (χ3n) is 3.99. The molecule has 2 amide bonds. The molecule has 1 fully saturated rings. The number of hydrogen-bond acceptors (Lipinski definition) is 4. The molecule has 1 rings (SSSR count). The van der Waals surface area contributed by atoms with Crippen LogP contribution in [-0.2, 0) is 14.3 Å². The van der Waals surface area contributed by atoms with Gasteiger partial charge in [-0.05, 0) is 40.0 Å². The highest BCUT2D eigenvalue weighted by Gasteiger charge is 2.36. The summed E-state index contributed by atoms with van der Waals surface area (Å²) in [5.41, 5.74) is -0.701. The number of piperidine rings is 1. The SMILES string of the molecule is CCC1(OCCC(=O)NC)CCN(C(=O)OC(C)(C)C)CC1. The number of amides is 2. The summed E-state index contributed by atoms with van der Waals surface area (Å²) < 4.78 is 11.4. The van der Waals surface area contributed by atoms with Crippen molar-refractivity contribution in [2.45, 2.75) is 64.6 Å². The Balaban J connectivity index is 2.46. The number of carbonyl (C=O) groups excluding carboxylic acids is 2. The molecule has 0 radical (unpaired) electrons. The third kappa shape index (κ3) is 5.83. The van der Waals surface area contributed by atoms with Crippen molar-refractivity contribution in [2.75, 3.05) is 26.7 Å². The van der Waals surface area contributed by atoms with Gasteiger partial charge in [-0.2, -0.15) is 0 Å². The number of likely N-dealkylation sites (tertiary alicyclic amines) is 1. The summed E-state index contributed by atoms with van der Waals surface area (Å²) in [6.07, 6.45) is 2.53. The largest absolute Gasteiger partial charge is 0.444 e. The van der Waals surface area contributed by atoms with Crippen molar-refractivity contribution in [3.05, 3.63) is 0 Å². The molecule has 1 heterocycles.